The highest BCUT2D eigenvalue weighted by Gasteiger charge is 2.12. The second-order valence-corrected chi connectivity index (χ2v) is 3.98. The molecular weight excluding hydrogens is 132 g/mol. The van der Waals surface area contributed by atoms with E-state index in [-0.39, 0.29) is 0 Å². The van der Waals surface area contributed by atoms with Crippen LogP contribution in [0, 0.1) is 11.8 Å². The van der Waals surface area contributed by atoms with Crippen LogP contribution < -0.4 is 0 Å². The van der Waals surface area contributed by atoms with Crippen molar-refractivity contribution in [3.05, 3.63) is 12.2 Å². The van der Waals surface area contributed by atoms with Crippen molar-refractivity contribution in [1.29, 1.82) is 0 Å². The highest BCUT2D eigenvalue weighted by molar-refractivity contribution is 4.85. The zero-order valence-corrected chi connectivity index (χ0v) is 7.84. The van der Waals surface area contributed by atoms with Gasteiger partial charge in [0.2, 0.25) is 0 Å². The van der Waals surface area contributed by atoms with Crippen molar-refractivity contribution in [2.75, 3.05) is 0 Å². The van der Waals surface area contributed by atoms with Gasteiger partial charge in [0, 0.05) is 0 Å². The summed E-state index contributed by atoms with van der Waals surface area (Å²) in [5, 5.41) is 0. The summed E-state index contributed by atoms with van der Waals surface area (Å²) < 4.78 is 0. The van der Waals surface area contributed by atoms with Gasteiger partial charge in [0.25, 0.3) is 0 Å². The Morgan fingerprint density at radius 1 is 1.09 bits per heavy atom. The third-order valence-corrected chi connectivity index (χ3v) is 2.76. The quantitative estimate of drug-likeness (QED) is 0.502. The van der Waals surface area contributed by atoms with Crippen LogP contribution in [0.5, 0.6) is 0 Å². The van der Waals surface area contributed by atoms with Crippen LogP contribution in [-0.2, 0) is 0 Å². The Labute approximate surface area is 70.7 Å². The number of hydrogen-bond acceptors (Lipinski definition) is 0. The predicted molar refractivity (Wildman–Crippen MR) is 50.6 cm³/mol. The minimum absolute atomic E-state index is 0.890. The number of rotatable bonds is 1. The molecule has 0 saturated heterocycles. The highest BCUT2D eigenvalue weighted by Crippen LogP contribution is 2.25. The summed E-state index contributed by atoms with van der Waals surface area (Å²) in [6, 6.07) is 0. The van der Waals surface area contributed by atoms with E-state index in [2.05, 4.69) is 26.0 Å². The molecule has 0 spiro atoms. The fourth-order valence-electron chi connectivity index (χ4n) is 1.85. The molecule has 0 fully saturated rings. The summed E-state index contributed by atoms with van der Waals surface area (Å²) in [5.74, 6) is 1.88. The molecule has 1 atom stereocenters. The summed E-state index contributed by atoms with van der Waals surface area (Å²) in [7, 11) is 0. The molecular formula is C11H20. The van der Waals surface area contributed by atoms with Crippen LogP contribution >= 0.6 is 0 Å². The lowest BCUT2D eigenvalue weighted by Crippen LogP contribution is -2.09. The van der Waals surface area contributed by atoms with E-state index in [0.29, 0.717) is 0 Å². The average molecular weight is 152 g/mol. The number of hydrogen-bond donors (Lipinski definition) is 0. The van der Waals surface area contributed by atoms with Crippen LogP contribution in [0.15, 0.2) is 12.2 Å². The Bertz CT molecular complexity index is 122. The molecule has 0 aromatic heterocycles. The Morgan fingerprint density at radius 3 is 2.55 bits per heavy atom. The van der Waals surface area contributed by atoms with Crippen molar-refractivity contribution in [1.82, 2.24) is 0 Å². The lowest BCUT2D eigenvalue weighted by molar-refractivity contribution is 0.329. The molecule has 0 N–H and O–H groups in total. The zero-order valence-electron chi connectivity index (χ0n) is 7.84. The standard InChI is InChI=1S/C11H20/c1-10(2)11-8-6-4-3-5-7-9-11/h3-4,10-11H,5-9H2,1-2H3/b4-3-. The monoisotopic (exact) mass is 152 g/mol. The molecule has 0 radical (unpaired) electrons. The SMILES string of the molecule is CC(C)C1CC/C=C\CCC1. The first kappa shape index (κ1) is 8.83. The molecule has 0 heteroatoms. The average Bonchev–Trinajstić information content (AvgIpc) is 1.84. The van der Waals surface area contributed by atoms with Crippen molar-refractivity contribution in [3.8, 4) is 0 Å². The van der Waals surface area contributed by atoms with Crippen molar-refractivity contribution in [2.24, 2.45) is 11.8 Å². The topological polar surface area (TPSA) is 0 Å². The summed E-state index contributed by atoms with van der Waals surface area (Å²) in [5.41, 5.74) is 0. The maximum absolute atomic E-state index is 2.36. The van der Waals surface area contributed by atoms with Gasteiger partial charge in [-0.3, -0.25) is 0 Å². The van der Waals surface area contributed by atoms with Gasteiger partial charge in [-0.15, -0.1) is 0 Å². The molecule has 0 heterocycles. The van der Waals surface area contributed by atoms with Crippen molar-refractivity contribution in [3.63, 3.8) is 0 Å². The summed E-state index contributed by atoms with van der Waals surface area (Å²) in [4.78, 5) is 0. The lowest BCUT2D eigenvalue weighted by atomic mass is 9.85. The molecule has 1 aliphatic carbocycles. The Balaban J connectivity index is 2.35. The molecule has 1 unspecified atom stereocenters. The van der Waals surface area contributed by atoms with Gasteiger partial charge >= 0.3 is 0 Å². The summed E-state index contributed by atoms with van der Waals surface area (Å²) in [6.45, 7) is 4.71. The minimum atomic E-state index is 0.890. The number of allylic oxidation sites excluding steroid dienone is 2. The Morgan fingerprint density at radius 2 is 1.82 bits per heavy atom. The molecule has 0 saturated carbocycles. The zero-order chi connectivity index (χ0) is 8.10. The van der Waals surface area contributed by atoms with E-state index < -0.39 is 0 Å². The van der Waals surface area contributed by atoms with Crippen molar-refractivity contribution in [2.45, 2.75) is 46.0 Å². The minimum Gasteiger partial charge on any atom is -0.0885 e. The van der Waals surface area contributed by atoms with Gasteiger partial charge in [-0.25, -0.2) is 0 Å². The lowest BCUT2D eigenvalue weighted by Gasteiger charge is -2.20. The van der Waals surface area contributed by atoms with E-state index in [0.717, 1.165) is 11.8 Å². The van der Waals surface area contributed by atoms with Crippen molar-refractivity contribution >= 4 is 0 Å². The second kappa shape index (κ2) is 4.58. The van der Waals surface area contributed by atoms with Gasteiger partial charge < -0.3 is 0 Å². The van der Waals surface area contributed by atoms with Crippen LogP contribution in [0.2, 0.25) is 0 Å². The van der Waals surface area contributed by atoms with Gasteiger partial charge in [-0.1, -0.05) is 26.0 Å². The van der Waals surface area contributed by atoms with Crippen LogP contribution in [0.3, 0.4) is 0 Å². The molecule has 1 rings (SSSR count). The van der Waals surface area contributed by atoms with E-state index in [1.54, 1.807) is 0 Å². The molecule has 0 aromatic carbocycles. The Hall–Kier alpha value is -0.260. The fraction of sp³-hybridized carbons (Fsp3) is 0.818. The normalized spacial score (nSPS) is 29.5. The van der Waals surface area contributed by atoms with E-state index >= 15 is 0 Å². The van der Waals surface area contributed by atoms with Gasteiger partial charge in [0.1, 0.15) is 0 Å². The van der Waals surface area contributed by atoms with Gasteiger partial charge in [-0.05, 0) is 43.9 Å². The van der Waals surface area contributed by atoms with E-state index in [9.17, 15) is 0 Å². The van der Waals surface area contributed by atoms with Crippen LogP contribution in [0.1, 0.15) is 46.0 Å². The molecule has 0 aromatic rings. The van der Waals surface area contributed by atoms with E-state index in [1.807, 2.05) is 0 Å². The summed E-state index contributed by atoms with van der Waals surface area (Å²) >= 11 is 0. The second-order valence-electron chi connectivity index (χ2n) is 3.98. The predicted octanol–water partition coefficient (Wildman–Crippen LogP) is 3.78. The van der Waals surface area contributed by atoms with E-state index in [1.165, 1.54) is 32.1 Å². The van der Waals surface area contributed by atoms with Gasteiger partial charge in [0.05, 0.1) is 0 Å². The molecule has 0 aliphatic heterocycles. The Kier molecular flexibility index (Phi) is 3.68. The first-order valence-corrected chi connectivity index (χ1v) is 4.95. The van der Waals surface area contributed by atoms with Crippen LogP contribution in [0.25, 0.3) is 0 Å². The molecule has 0 amide bonds. The van der Waals surface area contributed by atoms with E-state index in [4.69, 9.17) is 0 Å². The van der Waals surface area contributed by atoms with Gasteiger partial charge in [0.15, 0.2) is 0 Å². The maximum Gasteiger partial charge on any atom is -0.0348 e. The molecule has 1 aliphatic rings. The first-order chi connectivity index (χ1) is 5.30. The largest absolute Gasteiger partial charge is 0.0885 e. The fourth-order valence-corrected chi connectivity index (χ4v) is 1.85. The molecule has 0 bridgehead atoms. The van der Waals surface area contributed by atoms with Crippen molar-refractivity contribution < 1.29 is 0 Å². The molecule has 0 nitrogen and oxygen atoms in total. The highest BCUT2D eigenvalue weighted by atomic mass is 14.2. The van der Waals surface area contributed by atoms with Crippen LogP contribution in [-0.4, -0.2) is 0 Å². The first-order valence-electron chi connectivity index (χ1n) is 4.95. The smallest absolute Gasteiger partial charge is 0.0348 e. The summed E-state index contributed by atoms with van der Waals surface area (Å²) in [6.07, 6.45) is 11.6. The van der Waals surface area contributed by atoms with Gasteiger partial charge in [-0.2, -0.15) is 0 Å². The third kappa shape index (κ3) is 3.09. The van der Waals surface area contributed by atoms with Crippen LogP contribution in [0.4, 0.5) is 0 Å². The third-order valence-electron chi connectivity index (χ3n) is 2.76. The molecule has 11 heavy (non-hydrogen) atoms. The maximum atomic E-state index is 2.36. The molecule has 64 valence electrons.